The number of hydrogen-bond acceptors (Lipinski definition) is 4. The maximum Gasteiger partial charge on any atom is 0.255 e. The number of hydrogen-bond donors (Lipinski definition) is 1. The number of ether oxygens (including phenoxy) is 2. The predicted molar refractivity (Wildman–Crippen MR) is 82.8 cm³/mol. The fourth-order valence-electron chi connectivity index (χ4n) is 1.93. The molecule has 0 aliphatic rings. The minimum absolute atomic E-state index is 0.210. The van der Waals surface area contributed by atoms with E-state index in [0.29, 0.717) is 30.2 Å². The Hall–Kier alpha value is -2.60. The van der Waals surface area contributed by atoms with E-state index in [1.165, 1.54) is 22.9 Å². The van der Waals surface area contributed by atoms with Crippen LogP contribution in [0.4, 0.5) is 0 Å². The van der Waals surface area contributed by atoms with Crippen molar-refractivity contribution >= 4 is 5.91 Å². The van der Waals surface area contributed by atoms with Crippen LogP contribution in [0.1, 0.15) is 10.4 Å². The van der Waals surface area contributed by atoms with E-state index in [-0.39, 0.29) is 11.5 Å². The van der Waals surface area contributed by atoms with E-state index in [2.05, 4.69) is 5.32 Å². The van der Waals surface area contributed by atoms with Gasteiger partial charge in [0.2, 0.25) is 0 Å². The molecule has 1 amide bonds. The van der Waals surface area contributed by atoms with Gasteiger partial charge in [-0.05, 0) is 30.3 Å². The van der Waals surface area contributed by atoms with E-state index in [1.807, 2.05) is 0 Å². The molecule has 22 heavy (non-hydrogen) atoms. The molecule has 0 aliphatic carbocycles. The van der Waals surface area contributed by atoms with Crippen molar-refractivity contribution in [1.82, 2.24) is 9.88 Å². The average molecular weight is 302 g/mol. The van der Waals surface area contributed by atoms with Gasteiger partial charge in [0, 0.05) is 31.6 Å². The number of pyridine rings is 1. The van der Waals surface area contributed by atoms with Crippen LogP contribution in [0, 0.1) is 0 Å². The second-order valence-electron chi connectivity index (χ2n) is 4.57. The summed E-state index contributed by atoms with van der Waals surface area (Å²) in [6.07, 6.45) is 1.52. The molecule has 2 rings (SSSR count). The summed E-state index contributed by atoms with van der Waals surface area (Å²) in [4.78, 5) is 24.0. The van der Waals surface area contributed by atoms with E-state index < -0.39 is 0 Å². The van der Waals surface area contributed by atoms with Gasteiger partial charge in [0.25, 0.3) is 11.5 Å². The lowest BCUT2D eigenvalue weighted by atomic mass is 10.2. The van der Waals surface area contributed by atoms with Crippen molar-refractivity contribution in [1.29, 1.82) is 0 Å². The Morgan fingerprint density at radius 2 is 1.86 bits per heavy atom. The lowest BCUT2D eigenvalue weighted by Gasteiger charge is -2.09. The Balaban J connectivity index is 2.26. The smallest absolute Gasteiger partial charge is 0.255 e. The van der Waals surface area contributed by atoms with Crippen molar-refractivity contribution in [2.75, 3.05) is 27.4 Å². The first-order valence-electron chi connectivity index (χ1n) is 6.80. The van der Waals surface area contributed by atoms with Gasteiger partial charge in [-0.1, -0.05) is 0 Å². The molecule has 0 aliphatic heterocycles. The van der Waals surface area contributed by atoms with E-state index >= 15 is 0 Å². The minimum Gasteiger partial charge on any atom is -0.497 e. The molecule has 6 heteroatoms. The Kier molecular flexibility index (Phi) is 5.32. The molecule has 1 aromatic carbocycles. The zero-order chi connectivity index (χ0) is 15.9. The van der Waals surface area contributed by atoms with Gasteiger partial charge < -0.3 is 14.8 Å². The van der Waals surface area contributed by atoms with Crippen LogP contribution in [-0.2, 0) is 4.74 Å². The minimum atomic E-state index is -0.251. The van der Waals surface area contributed by atoms with Crippen molar-refractivity contribution in [2.45, 2.75) is 0 Å². The average Bonchev–Trinajstić information content (AvgIpc) is 2.55. The SMILES string of the molecule is COCCNC(=O)c1ccc(=O)n(-c2ccc(OC)cc2)c1. The van der Waals surface area contributed by atoms with E-state index in [9.17, 15) is 9.59 Å². The molecule has 1 aromatic heterocycles. The summed E-state index contributed by atoms with van der Waals surface area (Å²) in [5.41, 5.74) is 0.863. The topological polar surface area (TPSA) is 69.6 Å². The lowest BCUT2D eigenvalue weighted by molar-refractivity contribution is 0.0936. The Labute approximate surface area is 128 Å². The van der Waals surface area contributed by atoms with Gasteiger partial charge in [0.05, 0.1) is 19.3 Å². The second-order valence-corrected chi connectivity index (χ2v) is 4.57. The molecule has 1 heterocycles. The van der Waals surface area contributed by atoms with Crippen LogP contribution < -0.4 is 15.6 Å². The van der Waals surface area contributed by atoms with Crippen molar-refractivity contribution in [2.24, 2.45) is 0 Å². The zero-order valence-corrected chi connectivity index (χ0v) is 12.5. The van der Waals surface area contributed by atoms with E-state index in [4.69, 9.17) is 9.47 Å². The highest BCUT2D eigenvalue weighted by Gasteiger charge is 2.08. The monoisotopic (exact) mass is 302 g/mol. The fraction of sp³-hybridized carbons (Fsp3) is 0.250. The van der Waals surface area contributed by atoms with Gasteiger partial charge in [-0.2, -0.15) is 0 Å². The molecule has 0 saturated carbocycles. The molecule has 0 spiro atoms. The third-order valence-corrected chi connectivity index (χ3v) is 3.12. The van der Waals surface area contributed by atoms with Crippen molar-refractivity contribution in [3.05, 3.63) is 58.5 Å². The molecule has 0 saturated heterocycles. The van der Waals surface area contributed by atoms with Gasteiger partial charge in [-0.25, -0.2) is 0 Å². The van der Waals surface area contributed by atoms with Crippen molar-refractivity contribution in [3.63, 3.8) is 0 Å². The Morgan fingerprint density at radius 1 is 1.14 bits per heavy atom. The first kappa shape index (κ1) is 15.8. The van der Waals surface area contributed by atoms with Crippen LogP contribution in [-0.4, -0.2) is 37.8 Å². The van der Waals surface area contributed by atoms with Gasteiger partial charge >= 0.3 is 0 Å². The molecule has 0 fully saturated rings. The first-order valence-corrected chi connectivity index (χ1v) is 6.80. The van der Waals surface area contributed by atoms with Crippen LogP contribution in [0.25, 0.3) is 5.69 Å². The number of rotatable bonds is 6. The predicted octanol–water partition coefficient (Wildman–Crippen LogP) is 1.22. The highest BCUT2D eigenvalue weighted by molar-refractivity contribution is 5.93. The number of carbonyl (C=O) groups excluding carboxylic acids is 1. The molecule has 6 nitrogen and oxygen atoms in total. The largest absolute Gasteiger partial charge is 0.497 e. The molecule has 0 radical (unpaired) electrons. The lowest BCUT2D eigenvalue weighted by Crippen LogP contribution is -2.28. The zero-order valence-electron chi connectivity index (χ0n) is 12.5. The quantitative estimate of drug-likeness (QED) is 0.815. The number of benzene rings is 1. The van der Waals surface area contributed by atoms with Crippen LogP contribution >= 0.6 is 0 Å². The second kappa shape index (κ2) is 7.42. The molecule has 0 bridgehead atoms. The maximum absolute atomic E-state index is 12.0. The van der Waals surface area contributed by atoms with Crippen LogP contribution in [0.5, 0.6) is 5.75 Å². The maximum atomic E-state index is 12.0. The highest BCUT2D eigenvalue weighted by atomic mass is 16.5. The number of carbonyl (C=O) groups is 1. The summed E-state index contributed by atoms with van der Waals surface area (Å²) in [5.74, 6) is 0.449. The van der Waals surface area contributed by atoms with Gasteiger partial charge in [-0.3, -0.25) is 14.2 Å². The molecule has 2 aromatic rings. The molecular weight excluding hydrogens is 284 g/mol. The number of nitrogens with one attached hydrogen (secondary N) is 1. The molecule has 1 N–H and O–H groups in total. The van der Waals surface area contributed by atoms with Gasteiger partial charge in [0.15, 0.2) is 0 Å². The van der Waals surface area contributed by atoms with Crippen LogP contribution in [0.2, 0.25) is 0 Å². The molecular formula is C16H18N2O4. The summed E-state index contributed by atoms with van der Waals surface area (Å²) >= 11 is 0. The highest BCUT2D eigenvalue weighted by Crippen LogP contribution is 2.14. The van der Waals surface area contributed by atoms with Crippen LogP contribution in [0.15, 0.2) is 47.4 Å². The summed E-state index contributed by atoms with van der Waals surface area (Å²) < 4.78 is 11.4. The molecule has 0 atom stereocenters. The standard InChI is InChI=1S/C16H18N2O4/c1-21-10-9-17-16(20)12-3-8-15(19)18(11-12)13-4-6-14(22-2)7-5-13/h3-8,11H,9-10H2,1-2H3,(H,17,20). The van der Waals surface area contributed by atoms with E-state index in [1.54, 1.807) is 38.5 Å². The van der Waals surface area contributed by atoms with Crippen LogP contribution in [0.3, 0.4) is 0 Å². The number of aromatic nitrogens is 1. The summed E-state index contributed by atoms with van der Waals surface area (Å²) in [7, 11) is 3.14. The first-order chi connectivity index (χ1) is 10.7. The third kappa shape index (κ3) is 3.73. The van der Waals surface area contributed by atoms with Gasteiger partial charge in [-0.15, -0.1) is 0 Å². The third-order valence-electron chi connectivity index (χ3n) is 3.12. The van der Waals surface area contributed by atoms with Crippen molar-refractivity contribution < 1.29 is 14.3 Å². The Bertz CT molecular complexity index is 692. The number of amides is 1. The van der Waals surface area contributed by atoms with Gasteiger partial charge in [0.1, 0.15) is 5.75 Å². The normalized spacial score (nSPS) is 10.3. The molecule has 116 valence electrons. The Morgan fingerprint density at radius 3 is 2.50 bits per heavy atom. The van der Waals surface area contributed by atoms with E-state index in [0.717, 1.165) is 0 Å². The number of nitrogens with zero attached hydrogens (tertiary/aromatic N) is 1. The fourth-order valence-corrected chi connectivity index (χ4v) is 1.93. The summed E-state index contributed by atoms with van der Waals surface area (Å²) in [6, 6.07) is 9.90. The number of methoxy groups -OCH3 is 2. The van der Waals surface area contributed by atoms with Crippen molar-refractivity contribution in [3.8, 4) is 11.4 Å². The summed E-state index contributed by atoms with van der Waals surface area (Å²) in [5, 5.41) is 2.72. The molecule has 0 unspecified atom stereocenters. The summed E-state index contributed by atoms with van der Waals surface area (Å²) in [6.45, 7) is 0.848.